The Morgan fingerprint density at radius 2 is 1.89 bits per heavy atom. The Bertz CT molecular complexity index is 1370. The molecule has 4 rings (SSSR count). The van der Waals surface area contributed by atoms with Gasteiger partial charge in [0, 0.05) is 36.6 Å². The molecule has 35 heavy (non-hydrogen) atoms. The molecule has 0 atom stereocenters. The van der Waals surface area contributed by atoms with Crippen molar-refractivity contribution < 1.29 is 4.79 Å². The maximum Gasteiger partial charge on any atom is 0.259 e. The van der Waals surface area contributed by atoms with Crippen LogP contribution in [0.3, 0.4) is 0 Å². The molecule has 2 aromatic heterocycles. The number of rotatable bonds is 9. The number of nitrogens with one attached hydrogen (secondary N) is 2. The van der Waals surface area contributed by atoms with Crippen LogP contribution >= 0.6 is 0 Å². The SMILES string of the molecule is C=C(C)CCN(C(=O)c1ccc2c(c1)nc(CNc1ccc(C(=N)N)cc1)n2C)c1ccccn1. The fourth-order valence-electron chi connectivity index (χ4n) is 3.78. The number of pyridine rings is 1. The van der Waals surface area contributed by atoms with Gasteiger partial charge < -0.3 is 15.6 Å². The second kappa shape index (κ2) is 10.2. The van der Waals surface area contributed by atoms with Crippen molar-refractivity contribution in [3.8, 4) is 0 Å². The zero-order valence-corrected chi connectivity index (χ0v) is 20.0. The molecule has 8 heteroatoms. The lowest BCUT2D eigenvalue weighted by molar-refractivity contribution is 0.0986. The summed E-state index contributed by atoms with van der Waals surface area (Å²) < 4.78 is 2.01. The molecule has 0 unspecified atom stereocenters. The summed E-state index contributed by atoms with van der Waals surface area (Å²) in [6.45, 7) is 6.93. The van der Waals surface area contributed by atoms with E-state index in [1.54, 1.807) is 23.2 Å². The van der Waals surface area contributed by atoms with Crippen LogP contribution in [-0.2, 0) is 13.6 Å². The minimum absolute atomic E-state index is 0.0403. The molecule has 0 aliphatic heterocycles. The number of nitrogens with zero attached hydrogens (tertiary/aromatic N) is 4. The number of amidine groups is 1. The number of nitrogens with two attached hydrogens (primary N) is 1. The van der Waals surface area contributed by atoms with E-state index in [1.807, 2.05) is 67.1 Å². The fraction of sp³-hybridized carbons (Fsp3) is 0.185. The normalized spacial score (nSPS) is 10.8. The number of nitrogen functional groups attached to an aromatic ring is 1. The van der Waals surface area contributed by atoms with Crippen molar-refractivity contribution in [1.82, 2.24) is 14.5 Å². The number of amides is 1. The number of hydrogen-bond acceptors (Lipinski definition) is 5. The lowest BCUT2D eigenvalue weighted by Gasteiger charge is -2.22. The molecule has 0 radical (unpaired) electrons. The minimum Gasteiger partial charge on any atom is -0.384 e. The Labute approximate surface area is 204 Å². The molecule has 0 spiro atoms. The maximum atomic E-state index is 13.5. The molecular weight excluding hydrogens is 438 g/mol. The molecule has 4 aromatic rings. The van der Waals surface area contributed by atoms with Crippen LogP contribution in [0.4, 0.5) is 11.5 Å². The first-order valence-corrected chi connectivity index (χ1v) is 11.3. The second-order valence-corrected chi connectivity index (χ2v) is 8.49. The summed E-state index contributed by atoms with van der Waals surface area (Å²) in [6, 6.07) is 18.5. The van der Waals surface area contributed by atoms with E-state index in [1.165, 1.54) is 0 Å². The van der Waals surface area contributed by atoms with Crippen LogP contribution in [0.1, 0.15) is 35.1 Å². The molecule has 0 saturated heterocycles. The van der Waals surface area contributed by atoms with E-state index in [0.29, 0.717) is 36.5 Å². The number of fused-ring (bicyclic) bond motifs is 1. The quantitative estimate of drug-likeness (QED) is 0.191. The molecule has 178 valence electrons. The molecule has 8 nitrogen and oxygen atoms in total. The van der Waals surface area contributed by atoms with E-state index in [0.717, 1.165) is 28.1 Å². The van der Waals surface area contributed by atoms with E-state index in [9.17, 15) is 4.79 Å². The number of carbonyl (C=O) groups is 1. The molecule has 2 heterocycles. The van der Waals surface area contributed by atoms with Gasteiger partial charge in [0.05, 0.1) is 17.6 Å². The summed E-state index contributed by atoms with van der Waals surface area (Å²) in [5.41, 5.74) is 10.4. The Kier molecular flexibility index (Phi) is 6.91. The molecule has 0 aliphatic rings. The number of carbonyl (C=O) groups excluding carboxylic acids is 1. The van der Waals surface area contributed by atoms with Gasteiger partial charge in [-0.3, -0.25) is 15.1 Å². The van der Waals surface area contributed by atoms with Crippen LogP contribution in [0, 0.1) is 5.41 Å². The van der Waals surface area contributed by atoms with Gasteiger partial charge in [-0.2, -0.15) is 0 Å². The number of imidazole rings is 1. The van der Waals surface area contributed by atoms with Crippen LogP contribution in [0.2, 0.25) is 0 Å². The van der Waals surface area contributed by atoms with E-state index < -0.39 is 0 Å². The van der Waals surface area contributed by atoms with Crippen molar-refractivity contribution in [3.63, 3.8) is 0 Å². The lowest BCUT2D eigenvalue weighted by atomic mass is 10.1. The average Bonchev–Trinajstić information content (AvgIpc) is 3.18. The summed E-state index contributed by atoms with van der Waals surface area (Å²) in [6.07, 6.45) is 2.38. The third-order valence-corrected chi connectivity index (χ3v) is 5.80. The maximum absolute atomic E-state index is 13.5. The van der Waals surface area contributed by atoms with Crippen molar-refractivity contribution >= 4 is 34.3 Å². The van der Waals surface area contributed by atoms with Crippen molar-refractivity contribution in [2.24, 2.45) is 12.8 Å². The van der Waals surface area contributed by atoms with Gasteiger partial charge in [-0.1, -0.05) is 11.6 Å². The van der Waals surface area contributed by atoms with Crippen molar-refractivity contribution in [3.05, 3.63) is 96.0 Å². The average molecular weight is 468 g/mol. The molecular formula is C27H29N7O. The smallest absolute Gasteiger partial charge is 0.259 e. The number of hydrogen-bond donors (Lipinski definition) is 3. The number of aromatic nitrogens is 3. The monoisotopic (exact) mass is 467 g/mol. The molecule has 0 aliphatic carbocycles. The number of benzene rings is 2. The Morgan fingerprint density at radius 1 is 1.14 bits per heavy atom. The van der Waals surface area contributed by atoms with E-state index in [4.69, 9.17) is 16.1 Å². The van der Waals surface area contributed by atoms with Crippen molar-refractivity contribution in [1.29, 1.82) is 5.41 Å². The Hall–Kier alpha value is -4.46. The predicted molar refractivity (Wildman–Crippen MR) is 141 cm³/mol. The highest BCUT2D eigenvalue weighted by Crippen LogP contribution is 2.21. The largest absolute Gasteiger partial charge is 0.384 e. The topological polar surface area (TPSA) is 113 Å². The van der Waals surface area contributed by atoms with Gasteiger partial charge in [-0.15, -0.1) is 6.58 Å². The molecule has 4 N–H and O–H groups in total. The summed E-state index contributed by atoms with van der Waals surface area (Å²) in [4.78, 5) is 24.3. The van der Waals surface area contributed by atoms with Crippen molar-refractivity contribution in [2.45, 2.75) is 19.9 Å². The summed E-state index contributed by atoms with van der Waals surface area (Å²) in [7, 11) is 1.96. The van der Waals surface area contributed by atoms with E-state index in [-0.39, 0.29) is 11.7 Å². The first-order valence-electron chi connectivity index (χ1n) is 11.3. The highest BCUT2D eigenvalue weighted by Gasteiger charge is 2.20. The Balaban J connectivity index is 1.56. The van der Waals surface area contributed by atoms with Gasteiger partial charge in [-0.25, -0.2) is 9.97 Å². The highest BCUT2D eigenvalue weighted by molar-refractivity contribution is 6.07. The van der Waals surface area contributed by atoms with E-state index in [2.05, 4.69) is 16.9 Å². The zero-order valence-electron chi connectivity index (χ0n) is 20.0. The molecule has 0 bridgehead atoms. The minimum atomic E-state index is -0.122. The highest BCUT2D eigenvalue weighted by atomic mass is 16.2. The van der Waals surface area contributed by atoms with E-state index >= 15 is 0 Å². The molecule has 2 aromatic carbocycles. The number of anilines is 2. The van der Waals surface area contributed by atoms with Gasteiger partial charge in [0.25, 0.3) is 5.91 Å². The molecule has 0 saturated carbocycles. The predicted octanol–water partition coefficient (Wildman–Crippen LogP) is 4.48. The summed E-state index contributed by atoms with van der Waals surface area (Å²) >= 11 is 0. The fourth-order valence-corrected chi connectivity index (χ4v) is 3.78. The third kappa shape index (κ3) is 5.38. The van der Waals surface area contributed by atoms with Crippen LogP contribution in [0.5, 0.6) is 0 Å². The van der Waals surface area contributed by atoms with Gasteiger partial charge in [-0.05, 0) is 67.9 Å². The van der Waals surface area contributed by atoms with Crippen LogP contribution in [0.25, 0.3) is 11.0 Å². The number of aryl methyl sites for hydroxylation is 1. The zero-order chi connectivity index (χ0) is 24.9. The first-order chi connectivity index (χ1) is 16.8. The van der Waals surface area contributed by atoms with Crippen LogP contribution in [-0.4, -0.2) is 32.8 Å². The van der Waals surface area contributed by atoms with Gasteiger partial charge in [0.1, 0.15) is 17.5 Å². The summed E-state index contributed by atoms with van der Waals surface area (Å²) in [5, 5.41) is 10.9. The van der Waals surface area contributed by atoms with Gasteiger partial charge in [0.15, 0.2) is 0 Å². The van der Waals surface area contributed by atoms with Crippen LogP contribution in [0.15, 0.2) is 79.0 Å². The first kappa shape index (κ1) is 23.7. The Morgan fingerprint density at radius 3 is 2.54 bits per heavy atom. The molecule has 0 fully saturated rings. The van der Waals surface area contributed by atoms with Gasteiger partial charge in [0.2, 0.25) is 0 Å². The lowest BCUT2D eigenvalue weighted by Crippen LogP contribution is -2.32. The second-order valence-electron chi connectivity index (χ2n) is 8.49. The van der Waals surface area contributed by atoms with Crippen molar-refractivity contribution in [2.75, 3.05) is 16.8 Å². The third-order valence-electron chi connectivity index (χ3n) is 5.80. The van der Waals surface area contributed by atoms with Crippen LogP contribution < -0.4 is 16.0 Å². The molecule has 1 amide bonds. The van der Waals surface area contributed by atoms with Gasteiger partial charge >= 0.3 is 0 Å². The standard InChI is InChI=1S/C27H29N7O/c1-18(2)13-15-34(24-6-4-5-14-30-24)27(35)20-9-12-23-22(16-20)32-25(33(23)3)17-31-21-10-7-19(8-11-21)26(28)29/h4-12,14,16,31H,1,13,15,17H2,2-3H3,(H3,28,29). The summed E-state index contributed by atoms with van der Waals surface area (Å²) in [5.74, 6) is 1.37.